The zero-order valence-electron chi connectivity index (χ0n) is 42.7. The van der Waals surface area contributed by atoms with Crippen LogP contribution in [0.15, 0.2) is 292 Å². The summed E-state index contributed by atoms with van der Waals surface area (Å²) in [5.74, 6) is 0. The van der Waals surface area contributed by atoms with Gasteiger partial charge in [0.25, 0.3) is 0 Å². The molecule has 16 rings (SSSR count). The molecule has 0 N–H and O–H groups in total. The lowest BCUT2D eigenvalue weighted by atomic mass is 9.96. The van der Waals surface area contributed by atoms with E-state index >= 15 is 0 Å². The van der Waals surface area contributed by atoms with Crippen LogP contribution in [0, 0.1) is 0 Å². The molecule has 0 amide bonds. The summed E-state index contributed by atoms with van der Waals surface area (Å²) in [5, 5.41) is 10.7. The van der Waals surface area contributed by atoms with Crippen molar-refractivity contribution in [3.63, 3.8) is 0 Å². The second kappa shape index (κ2) is 18.0. The normalized spacial score (nSPS) is 11.8. The summed E-state index contributed by atoms with van der Waals surface area (Å²) < 4.78 is 20.6. The molecule has 13 aromatic carbocycles. The maximum Gasteiger partial charge on any atom is 0.160 e. The number of benzene rings is 13. The third kappa shape index (κ3) is 7.32. The van der Waals surface area contributed by atoms with Crippen LogP contribution in [-0.4, -0.2) is 0 Å². The number of anilines is 6. The molecule has 5 nitrogen and oxygen atoms in total. The number of hydrogen-bond donors (Lipinski definition) is 0. The molecule has 0 bridgehead atoms. The lowest BCUT2D eigenvalue weighted by Crippen LogP contribution is -2.13. The molecule has 0 aliphatic heterocycles. The Bertz CT molecular complexity index is 5040. The molecule has 0 spiro atoms. The molecule has 79 heavy (non-hydrogen) atoms. The van der Waals surface area contributed by atoms with E-state index in [4.69, 9.17) is 13.3 Å². The number of hydrogen-bond acceptors (Lipinski definition) is 5. The summed E-state index contributed by atoms with van der Waals surface area (Å²) in [5.41, 5.74) is 17.7. The Morgan fingerprint density at radius 3 is 1.25 bits per heavy atom. The van der Waals surface area contributed by atoms with E-state index in [1.807, 2.05) is 18.2 Å². The average Bonchev–Trinajstić information content (AvgIpc) is 4.41. The predicted molar refractivity (Wildman–Crippen MR) is 329 cm³/mol. The Balaban J connectivity index is 0.900. The Morgan fingerprint density at radius 1 is 0.228 bits per heavy atom. The molecule has 0 aliphatic rings. The van der Waals surface area contributed by atoms with Crippen LogP contribution in [0.5, 0.6) is 0 Å². The van der Waals surface area contributed by atoms with Gasteiger partial charge < -0.3 is 23.1 Å². The zero-order valence-corrected chi connectivity index (χ0v) is 42.7. The molecule has 0 unspecified atom stereocenters. The molecule has 5 heteroatoms. The largest absolute Gasteiger partial charge is 0.456 e. The highest BCUT2D eigenvalue weighted by atomic mass is 16.3. The Labute approximate surface area is 454 Å². The second-order valence-electron chi connectivity index (χ2n) is 20.4. The van der Waals surface area contributed by atoms with Gasteiger partial charge in [-0.15, -0.1) is 0 Å². The van der Waals surface area contributed by atoms with E-state index in [-0.39, 0.29) is 0 Å². The SMILES string of the molecule is c1ccc(-c2ccccc2N(c2ccc3cc4oc5cc6ccc(N(c7ccccc7-c7ccccc7)c7c(-c8ccccc8)ccc8c7oc7ccccc78)cc6cc5c4cc3c2)c2cccc3c2oc2ccccc23)cc1. The molecule has 3 heterocycles. The minimum absolute atomic E-state index is 0.824. The van der Waals surface area contributed by atoms with Gasteiger partial charge in [-0.1, -0.05) is 194 Å². The van der Waals surface area contributed by atoms with Crippen LogP contribution >= 0.6 is 0 Å². The van der Waals surface area contributed by atoms with Crippen LogP contribution in [0.1, 0.15) is 0 Å². The number of rotatable bonds is 9. The predicted octanol–water partition coefficient (Wildman–Crippen LogP) is 21.6. The van der Waals surface area contributed by atoms with Crippen LogP contribution < -0.4 is 9.80 Å². The molecule has 0 saturated heterocycles. The first-order valence-electron chi connectivity index (χ1n) is 26.8. The van der Waals surface area contributed by atoms with E-state index in [1.165, 1.54) is 0 Å². The number of fused-ring (bicyclic) bond motifs is 11. The Morgan fingerprint density at radius 2 is 0.671 bits per heavy atom. The van der Waals surface area contributed by atoms with Crippen molar-refractivity contribution in [2.75, 3.05) is 9.80 Å². The van der Waals surface area contributed by atoms with E-state index in [0.29, 0.717) is 0 Å². The summed E-state index contributed by atoms with van der Waals surface area (Å²) in [6.07, 6.45) is 0. The summed E-state index contributed by atoms with van der Waals surface area (Å²) in [6.45, 7) is 0. The fourth-order valence-electron chi connectivity index (χ4n) is 12.1. The first-order chi connectivity index (χ1) is 39.2. The Hall–Kier alpha value is -10.6. The van der Waals surface area contributed by atoms with Crippen molar-refractivity contribution in [2.24, 2.45) is 0 Å². The standard InChI is InChI=1S/C74H46N2O3/c1-4-19-47(20-5-1)56-25-10-14-30-65(56)75(67-32-18-29-61-59-27-12-16-33-68(59)78-73(61)67)54-37-35-50-45-70-63(43-52(50)41-54)64-44-53-42-55(38-36-51(53)46-71(64)77-70)76(66-31-15-11-26-57(66)48-21-6-2-7-22-48)72-58(49-23-8-3-9-24-49)39-40-62-60-28-13-17-34-69(60)79-74(62)72/h1-46H. The molecular weight excluding hydrogens is 965 g/mol. The molecule has 370 valence electrons. The van der Waals surface area contributed by atoms with Crippen molar-refractivity contribution in [1.82, 2.24) is 0 Å². The van der Waals surface area contributed by atoms with Crippen molar-refractivity contribution in [1.29, 1.82) is 0 Å². The monoisotopic (exact) mass is 1010 g/mol. The van der Waals surface area contributed by atoms with Crippen molar-refractivity contribution >= 4 is 121 Å². The molecule has 0 aliphatic carbocycles. The summed E-state index contributed by atoms with van der Waals surface area (Å²) in [7, 11) is 0. The lowest BCUT2D eigenvalue weighted by Gasteiger charge is -2.30. The highest BCUT2D eigenvalue weighted by molar-refractivity contribution is 6.17. The van der Waals surface area contributed by atoms with Crippen LogP contribution in [0.3, 0.4) is 0 Å². The van der Waals surface area contributed by atoms with Gasteiger partial charge in [0.05, 0.1) is 22.7 Å². The minimum atomic E-state index is 0.824. The van der Waals surface area contributed by atoms with Gasteiger partial charge in [0.15, 0.2) is 11.2 Å². The first kappa shape index (κ1) is 44.7. The quantitative estimate of drug-likeness (QED) is 0.144. The van der Waals surface area contributed by atoms with E-state index in [0.717, 1.165) is 155 Å². The molecule has 16 aromatic rings. The highest BCUT2D eigenvalue weighted by Crippen LogP contribution is 2.51. The van der Waals surface area contributed by atoms with Crippen LogP contribution in [0.2, 0.25) is 0 Å². The van der Waals surface area contributed by atoms with E-state index in [9.17, 15) is 0 Å². The molecule has 3 aromatic heterocycles. The van der Waals surface area contributed by atoms with Gasteiger partial charge in [-0.2, -0.15) is 0 Å². The van der Waals surface area contributed by atoms with Crippen LogP contribution in [0.4, 0.5) is 34.1 Å². The summed E-state index contributed by atoms with van der Waals surface area (Å²) in [6, 6.07) is 99.4. The molecule has 0 radical (unpaired) electrons. The molecular formula is C74H46N2O3. The van der Waals surface area contributed by atoms with Gasteiger partial charge in [0.1, 0.15) is 22.3 Å². The maximum atomic E-state index is 7.00. The highest BCUT2D eigenvalue weighted by Gasteiger charge is 2.27. The van der Waals surface area contributed by atoms with Crippen LogP contribution in [0.25, 0.3) is 121 Å². The van der Waals surface area contributed by atoms with E-state index in [2.05, 4.69) is 271 Å². The van der Waals surface area contributed by atoms with E-state index in [1.54, 1.807) is 0 Å². The van der Waals surface area contributed by atoms with Gasteiger partial charge >= 0.3 is 0 Å². The van der Waals surface area contributed by atoms with Gasteiger partial charge in [-0.3, -0.25) is 0 Å². The van der Waals surface area contributed by atoms with Gasteiger partial charge in [0.2, 0.25) is 0 Å². The lowest BCUT2D eigenvalue weighted by molar-refractivity contribution is 0.669. The maximum absolute atomic E-state index is 7.00. The number of nitrogens with zero attached hydrogens (tertiary/aromatic N) is 2. The Kier molecular flexibility index (Phi) is 10.2. The van der Waals surface area contributed by atoms with Gasteiger partial charge in [-0.05, 0) is 123 Å². The molecule has 0 saturated carbocycles. The summed E-state index contributed by atoms with van der Waals surface area (Å²) >= 11 is 0. The smallest absolute Gasteiger partial charge is 0.160 e. The van der Waals surface area contributed by atoms with Crippen LogP contribution in [-0.2, 0) is 0 Å². The van der Waals surface area contributed by atoms with Crippen molar-refractivity contribution < 1.29 is 13.3 Å². The fraction of sp³-hybridized carbons (Fsp3) is 0. The fourth-order valence-corrected chi connectivity index (χ4v) is 12.1. The second-order valence-corrected chi connectivity index (χ2v) is 20.4. The van der Waals surface area contributed by atoms with E-state index < -0.39 is 0 Å². The topological polar surface area (TPSA) is 45.9 Å². The van der Waals surface area contributed by atoms with Crippen molar-refractivity contribution in [2.45, 2.75) is 0 Å². The first-order valence-corrected chi connectivity index (χ1v) is 26.8. The average molecular weight is 1010 g/mol. The number of furan rings is 3. The van der Waals surface area contributed by atoms with Crippen molar-refractivity contribution in [3.8, 4) is 33.4 Å². The number of para-hydroxylation sites is 5. The third-order valence-corrected chi connectivity index (χ3v) is 15.8. The minimum Gasteiger partial charge on any atom is -0.456 e. The molecule has 0 fully saturated rings. The summed E-state index contributed by atoms with van der Waals surface area (Å²) in [4.78, 5) is 4.77. The van der Waals surface area contributed by atoms with Crippen molar-refractivity contribution in [3.05, 3.63) is 279 Å². The van der Waals surface area contributed by atoms with Gasteiger partial charge in [0, 0.05) is 60.4 Å². The third-order valence-electron chi connectivity index (χ3n) is 15.8. The molecule has 0 atom stereocenters. The zero-order chi connectivity index (χ0) is 52.0. The van der Waals surface area contributed by atoms with Gasteiger partial charge in [-0.25, -0.2) is 0 Å².